The van der Waals surface area contributed by atoms with Crippen molar-refractivity contribution >= 4 is 28.7 Å². The second kappa shape index (κ2) is 6.29. The highest BCUT2D eigenvalue weighted by Crippen LogP contribution is 2.23. The van der Waals surface area contributed by atoms with Gasteiger partial charge in [0.25, 0.3) is 0 Å². The van der Waals surface area contributed by atoms with Gasteiger partial charge in [0.05, 0.1) is 6.21 Å². The molecule has 0 radical (unpaired) electrons. The molecule has 0 saturated heterocycles. The molecule has 0 bridgehead atoms. The van der Waals surface area contributed by atoms with E-state index in [9.17, 15) is 0 Å². The van der Waals surface area contributed by atoms with Crippen molar-refractivity contribution < 1.29 is 0 Å². The largest absolute Gasteiger partial charge is 0.342 e. The Balaban J connectivity index is 1.75. The molecule has 0 N–H and O–H groups in total. The molecule has 0 spiro atoms. The molecule has 0 unspecified atom stereocenters. The summed E-state index contributed by atoms with van der Waals surface area (Å²) in [6.07, 6.45) is 7.01. The quantitative estimate of drug-likeness (QED) is 0.532. The van der Waals surface area contributed by atoms with Crippen molar-refractivity contribution in [3.8, 4) is 0 Å². The molecule has 2 aromatic heterocycles. The lowest BCUT2D eigenvalue weighted by Gasteiger charge is -2.07. The molecule has 24 heavy (non-hydrogen) atoms. The van der Waals surface area contributed by atoms with Crippen LogP contribution in [0.4, 0.5) is 0 Å². The Hall–Kier alpha value is -2.92. The summed E-state index contributed by atoms with van der Waals surface area (Å²) in [4.78, 5) is 0. The van der Waals surface area contributed by atoms with Crippen LogP contribution >= 0.6 is 11.6 Å². The van der Waals surface area contributed by atoms with Crippen molar-refractivity contribution in [2.24, 2.45) is 5.10 Å². The van der Waals surface area contributed by atoms with Crippen molar-refractivity contribution in [3.05, 3.63) is 83.5 Å². The first-order valence-electron chi connectivity index (χ1n) is 7.51. The Labute approximate surface area is 143 Å². The van der Waals surface area contributed by atoms with Crippen LogP contribution in [0.1, 0.15) is 11.1 Å². The molecule has 4 aromatic rings. The fourth-order valence-corrected chi connectivity index (χ4v) is 2.90. The van der Waals surface area contributed by atoms with Crippen molar-refractivity contribution in [1.82, 2.24) is 19.4 Å². The maximum atomic E-state index is 6.30. The van der Waals surface area contributed by atoms with E-state index in [-0.39, 0.29) is 0 Å². The van der Waals surface area contributed by atoms with E-state index in [0.29, 0.717) is 6.54 Å². The molecule has 0 atom stereocenters. The number of fused-ring (bicyclic) bond motifs is 1. The monoisotopic (exact) mass is 335 g/mol. The number of nitrogens with zero attached hydrogens (tertiary/aromatic N) is 5. The number of benzene rings is 2. The van der Waals surface area contributed by atoms with Crippen molar-refractivity contribution in [2.45, 2.75) is 6.54 Å². The van der Waals surface area contributed by atoms with Crippen molar-refractivity contribution in [1.29, 1.82) is 0 Å². The van der Waals surface area contributed by atoms with Gasteiger partial charge in [-0.2, -0.15) is 5.10 Å². The molecule has 0 saturated carbocycles. The van der Waals surface area contributed by atoms with Gasteiger partial charge in [0.2, 0.25) is 0 Å². The van der Waals surface area contributed by atoms with Crippen LogP contribution in [0.15, 0.2) is 72.5 Å². The van der Waals surface area contributed by atoms with E-state index in [0.717, 1.165) is 27.1 Å². The maximum Gasteiger partial charge on any atom is 0.141 e. The summed E-state index contributed by atoms with van der Waals surface area (Å²) >= 11 is 6.30. The minimum Gasteiger partial charge on any atom is -0.342 e. The molecule has 0 aliphatic rings. The Morgan fingerprint density at radius 3 is 2.58 bits per heavy atom. The van der Waals surface area contributed by atoms with Crippen LogP contribution in [-0.4, -0.2) is 25.7 Å². The van der Waals surface area contributed by atoms with E-state index in [1.54, 1.807) is 17.3 Å². The average Bonchev–Trinajstić information content (AvgIpc) is 3.24. The van der Waals surface area contributed by atoms with Gasteiger partial charge in [0.1, 0.15) is 12.7 Å². The third-order valence-corrected chi connectivity index (χ3v) is 4.22. The number of hydrogen-bond acceptors (Lipinski definition) is 3. The zero-order chi connectivity index (χ0) is 16.4. The van der Waals surface area contributed by atoms with Gasteiger partial charge in [0, 0.05) is 34.2 Å². The van der Waals surface area contributed by atoms with Crippen LogP contribution < -0.4 is 0 Å². The first-order chi connectivity index (χ1) is 11.8. The highest BCUT2D eigenvalue weighted by molar-refractivity contribution is 6.31. The lowest BCUT2D eigenvalue weighted by Crippen LogP contribution is -1.98. The molecule has 0 amide bonds. The standard InChI is InChI=1S/C18H14ClN5/c19-17-7-3-1-5-14(17)10-23-11-15(9-22-24-12-20-21-13-24)16-6-2-4-8-18(16)23/h1-9,11-13H,10H2/b22-9+. The van der Waals surface area contributed by atoms with Crippen LogP contribution in [0, 0.1) is 0 Å². The molecule has 2 aromatic carbocycles. The minimum absolute atomic E-state index is 0.709. The summed E-state index contributed by atoms with van der Waals surface area (Å²) in [6.45, 7) is 0.709. The van der Waals surface area contributed by atoms with Crippen LogP contribution in [0.5, 0.6) is 0 Å². The van der Waals surface area contributed by atoms with E-state index < -0.39 is 0 Å². The maximum absolute atomic E-state index is 6.30. The van der Waals surface area contributed by atoms with Crippen molar-refractivity contribution in [3.63, 3.8) is 0 Å². The predicted molar refractivity (Wildman–Crippen MR) is 95.5 cm³/mol. The van der Waals surface area contributed by atoms with E-state index in [2.05, 4.69) is 38.2 Å². The molecule has 6 heteroatoms. The number of para-hydroxylation sites is 1. The Kier molecular flexibility index (Phi) is 3.84. The van der Waals surface area contributed by atoms with E-state index >= 15 is 0 Å². The minimum atomic E-state index is 0.709. The Morgan fingerprint density at radius 2 is 1.75 bits per heavy atom. The Bertz CT molecular complexity index is 1000. The second-order valence-corrected chi connectivity index (χ2v) is 5.81. The molecule has 4 rings (SSSR count). The normalized spacial score (nSPS) is 11.5. The third-order valence-electron chi connectivity index (χ3n) is 3.85. The van der Waals surface area contributed by atoms with Crippen LogP contribution in [-0.2, 0) is 6.54 Å². The van der Waals surface area contributed by atoms with Gasteiger partial charge in [-0.15, -0.1) is 10.2 Å². The summed E-state index contributed by atoms with van der Waals surface area (Å²) < 4.78 is 3.75. The Morgan fingerprint density at radius 1 is 1.00 bits per heavy atom. The van der Waals surface area contributed by atoms with Gasteiger partial charge in [0.15, 0.2) is 0 Å². The molecule has 0 aliphatic carbocycles. The number of rotatable bonds is 4. The van der Waals surface area contributed by atoms with Crippen molar-refractivity contribution in [2.75, 3.05) is 0 Å². The van der Waals surface area contributed by atoms with Gasteiger partial charge in [-0.1, -0.05) is 48.0 Å². The molecule has 118 valence electrons. The van der Waals surface area contributed by atoms with Gasteiger partial charge in [-0.25, -0.2) is 4.68 Å². The lowest BCUT2D eigenvalue weighted by atomic mass is 10.2. The second-order valence-electron chi connectivity index (χ2n) is 5.41. The van der Waals surface area contributed by atoms with Gasteiger partial charge >= 0.3 is 0 Å². The number of halogens is 1. The first kappa shape index (κ1) is 14.7. The summed E-state index contributed by atoms with van der Waals surface area (Å²) in [7, 11) is 0. The smallest absolute Gasteiger partial charge is 0.141 e. The number of hydrogen-bond donors (Lipinski definition) is 0. The highest BCUT2D eigenvalue weighted by atomic mass is 35.5. The third kappa shape index (κ3) is 2.81. The summed E-state index contributed by atoms with van der Waals surface area (Å²) in [5, 5.41) is 13.8. The molecule has 5 nitrogen and oxygen atoms in total. The van der Waals surface area contributed by atoms with E-state index in [4.69, 9.17) is 11.6 Å². The van der Waals surface area contributed by atoms with Crippen LogP contribution in [0.25, 0.3) is 10.9 Å². The van der Waals surface area contributed by atoms with E-state index in [1.165, 1.54) is 0 Å². The van der Waals surface area contributed by atoms with Gasteiger partial charge in [-0.05, 0) is 17.7 Å². The fourth-order valence-electron chi connectivity index (χ4n) is 2.70. The fraction of sp³-hybridized carbons (Fsp3) is 0.0556. The van der Waals surface area contributed by atoms with E-state index in [1.807, 2.05) is 42.6 Å². The topological polar surface area (TPSA) is 48.0 Å². The SMILES string of the molecule is Clc1ccccc1Cn1cc(/C=N/n2cnnc2)c2ccccc21. The zero-order valence-corrected chi connectivity index (χ0v) is 13.5. The summed E-state index contributed by atoms with van der Waals surface area (Å²) in [5.41, 5.74) is 3.26. The molecule has 0 fully saturated rings. The van der Waals surface area contributed by atoms with Gasteiger partial charge in [-0.3, -0.25) is 0 Å². The molecular weight excluding hydrogens is 322 g/mol. The zero-order valence-electron chi connectivity index (χ0n) is 12.7. The summed E-state index contributed by atoms with van der Waals surface area (Å²) in [6, 6.07) is 16.1. The lowest BCUT2D eigenvalue weighted by molar-refractivity contribution is 0.836. The summed E-state index contributed by atoms with van der Waals surface area (Å²) in [5.74, 6) is 0. The van der Waals surface area contributed by atoms with Crippen LogP contribution in [0.2, 0.25) is 5.02 Å². The van der Waals surface area contributed by atoms with Gasteiger partial charge < -0.3 is 4.57 Å². The number of aromatic nitrogens is 4. The highest BCUT2D eigenvalue weighted by Gasteiger charge is 2.08. The average molecular weight is 336 g/mol. The van der Waals surface area contributed by atoms with Crippen LogP contribution in [0.3, 0.4) is 0 Å². The first-order valence-corrected chi connectivity index (χ1v) is 7.89. The molecule has 2 heterocycles. The molecular formula is C18H14ClN5. The molecule has 0 aliphatic heterocycles. The predicted octanol–water partition coefficient (Wildman–Crippen LogP) is 3.82.